The van der Waals surface area contributed by atoms with Crippen molar-refractivity contribution in [1.29, 1.82) is 0 Å². The quantitative estimate of drug-likeness (QED) is 0.465. The molecule has 0 fully saturated rings. The van der Waals surface area contributed by atoms with Crippen molar-refractivity contribution in [2.45, 2.75) is 39.7 Å². The molecule has 0 aliphatic heterocycles. The molecular weight excluding hydrogens is 210 g/mol. The Labute approximate surface area is 96.0 Å². The molecule has 0 heterocycles. The third-order valence-corrected chi connectivity index (χ3v) is 2.35. The molecule has 0 spiro atoms. The molecule has 1 atom stereocenters. The summed E-state index contributed by atoms with van der Waals surface area (Å²) in [6.07, 6.45) is 1.25. The Kier molecular flexibility index (Phi) is 7.28. The van der Waals surface area contributed by atoms with Crippen molar-refractivity contribution in [1.82, 2.24) is 15.7 Å². The lowest BCUT2D eigenvalue weighted by Gasteiger charge is -2.23. The number of rotatable bonds is 6. The Bertz CT molecular complexity index is 229. The van der Waals surface area contributed by atoms with E-state index in [1.54, 1.807) is 10.4 Å². The van der Waals surface area contributed by atoms with Crippen LogP contribution in [-0.4, -0.2) is 41.2 Å². The zero-order valence-corrected chi connectivity index (χ0v) is 10.1. The van der Waals surface area contributed by atoms with E-state index in [2.05, 4.69) is 5.32 Å². The Hall–Kier alpha value is -1.30. The van der Waals surface area contributed by atoms with Gasteiger partial charge in [0.05, 0.1) is 0 Å². The summed E-state index contributed by atoms with van der Waals surface area (Å²) in [5, 5.41) is 11.1. The van der Waals surface area contributed by atoms with Crippen molar-refractivity contribution in [3.8, 4) is 0 Å². The van der Waals surface area contributed by atoms with Crippen molar-refractivity contribution in [3.05, 3.63) is 0 Å². The molecule has 0 saturated carbocycles. The van der Waals surface area contributed by atoms with Crippen LogP contribution in [0.1, 0.15) is 33.6 Å². The molecular formula is C10H21N3O3. The minimum Gasteiger partial charge on any atom is -0.326 e. The molecule has 0 aliphatic rings. The maximum atomic E-state index is 11.7. The molecule has 0 aromatic heterocycles. The molecule has 0 saturated heterocycles. The van der Waals surface area contributed by atoms with Gasteiger partial charge in [-0.05, 0) is 20.3 Å². The van der Waals surface area contributed by atoms with Crippen LogP contribution in [0.3, 0.4) is 0 Å². The van der Waals surface area contributed by atoms with E-state index in [-0.39, 0.29) is 6.03 Å². The topological polar surface area (TPSA) is 81.7 Å². The second-order valence-electron chi connectivity index (χ2n) is 3.44. The van der Waals surface area contributed by atoms with E-state index in [1.165, 1.54) is 0 Å². The van der Waals surface area contributed by atoms with E-state index in [0.29, 0.717) is 19.5 Å². The zero-order valence-electron chi connectivity index (χ0n) is 10.1. The molecule has 0 aromatic carbocycles. The van der Waals surface area contributed by atoms with Crippen molar-refractivity contribution >= 4 is 11.9 Å². The minimum atomic E-state index is -0.678. The number of carbonyl (C=O) groups is 2. The fraction of sp³-hybridized carbons (Fsp3) is 0.800. The first-order valence-electron chi connectivity index (χ1n) is 5.59. The highest BCUT2D eigenvalue weighted by molar-refractivity contribution is 5.86. The van der Waals surface area contributed by atoms with Gasteiger partial charge in [-0.2, -0.15) is 0 Å². The van der Waals surface area contributed by atoms with Crippen LogP contribution in [0.2, 0.25) is 0 Å². The van der Waals surface area contributed by atoms with Crippen molar-refractivity contribution in [2.24, 2.45) is 0 Å². The first kappa shape index (κ1) is 14.7. The van der Waals surface area contributed by atoms with Crippen molar-refractivity contribution in [3.63, 3.8) is 0 Å². The van der Waals surface area contributed by atoms with Crippen LogP contribution < -0.4 is 10.8 Å². The lowest BCUT2D eigenvalue weighted by atomic mass is 10.1. The normalized spacial score (nSPS) is 11.8. The maximum Gasteiger partial charge on any atom is 0.318 e. The molecule has 3 N–H and O–H groups in total. The van der Waals surface area contributed by atoms with Gasteiger partial charge < -0.3 is 10.2 Å². The third-order valence-electron chi connectivity index (χ3n) is 2.35. The minimum absolute atomic E-state index is 0.285. The lowest BCUT2D eigenvalue weighted by molar-refractivity contribution is -0.131. The van der Waals surface area contributed by atoms with Crippen LogP contribution in [0.5, 0.6) is 0 Å². The average molecular weight is 231 g/mol. The first-order valence-corrected chi connectivity index (χ1v) is 5.59. The molecule has 0 aromatic rings. The van der Waals surface area contributed by atoms with E-state index in [4.69, 9.17) is 5.21 Å². The van der Waals surface area contributed by atoms with Crippen molar-refractivity contribution in [2.75, 3.05) is 13.1 Å². The molecule has 16 heavy (non-hydrogen) atoms. The van der Waals surface area contributed by atoms with Crippen molar-refractivity contribution < 1.29 is 14.8 Å². The third kappa shape index (κ3) is 4.48. The number of urea groups is 1. The smallest absolute Gasteiger partial charge is 0.318 e. The molecule has 94 valence electrons. The van der Waals surface area contributed by atoms with Gasteiger partial charge in [-0.25, -0.2) is 10.3 Å². The van der Waals surface area contributed by atoms with Crippen LogP contribution in [0, 0.1) is 0 Å². The fourth-order valence-corrected chi connectivity index (χ4v) is 1.39. The summed E-state index contributed by atoms with van der Waals surface area (Å²) in [5.41, 5.74) is 1.56. The summed E-state index contributed by atoms with van der Waals surface area (Å²) < 4.78 is 0. The highest BCUT2D eigenvalue weighted by Gasteiger charge is 2.21. The summed E-state index contributed by atoms with van der Waals surface area (Å²) >= 11 is 0. The highest BCUT2D eigenvalue weighted by Crippen LogP contribution is 1.99. The van der Waals surface area contributed by atoms with Gasteiger partial charge in [0.1, 0.15) is 6.04 Å². The summed E-state index contributed by atoms with van der Waals surface area (Å²) in [7, 11) is 0. The van der Waals surface area contributed by atoms with Gasteiger partial charge in [0.2, 0.25) is 0 Å². The summed E-state index contributed by atoms with van der Waals surface area (Å²) in [4.78, 5) is 24.5. The van der Waals surface area contributed by atoms with Gasteiger partial charge in [-0.3, -0.25) is 10.0 Å². The standard InChI is InChI=1S/C10H21N3O3/c1-4-7-8(9(14)12-16)11-10(15)13(5-2)6-3/h8,16H,4-7H2,1-3H3,(H,11,15)(H,12,14). The Morgan fingerprint density at radius 2 is 1.81 bits per heavy atom. The molecule has 6 heteroatoms. The number of nitrogens with zero attached hydrogens (tertiary/aromatic N) is 1. The Morgan fingerprint density at radius 1 is 1.25 bits per heavy atom. The molecule has 3 amide bonds. The second kappa shape index (κ2) is 7.92. The van der Waals surface area contributed by atoms with Crippen LogP contribution in [-0.2, 0) is 4.79 Å². The number of carbonyl (C=O) groups excluding carboxylic acids is 2. The predicted octanol–water partition coefficient (Wildman–Crippen LogP) is 0.712. The molecule has 0 aliphatic carbocycles. The Morgan fingerprint density at radius 3 is 2.19 bits per heavy atom. The number of hydrogen-bond acceptors (Lipinski definition) is 3. The molecule has 0 bridgehead atoms. The van der Waals surface area contributed by atoms with E-state index in [1.807, 2.05) is 20.8 Å². The van der Waals surface area contributed by atoms with Gasteiger partial charge >= 0.3 is 6.03 Å². The molecule has 0 radical (unpaired) electrons. The van der Waals surface area contributed by atoms with Crippen LogP contribution in [0.25, 0.3) is 0 Å². The zero-order chi connectivity index (χ0) is 12.6. The molecule has 0 rings (SSSR count). The van der Waals surface area contributed by atoms with E-state index in [0.717, 1.165) is 6.42 Å². The van der Waals surface area contributed by atoms with Gasteiger partial charge in [0.25, 0.3) is 5.91 Å². The maximum absolute atomic E-state index is 11.7. The summed E-state index contributed by atoms with van der Waals surface area (Å²) in [6.45, 7) is 6.80. The monoisotopic (exact) mass is 231 g/mol. The number of hydroxylamine groups is 1. The fourth-order valence-electron chi connectivity index (χ4n) is 1.39. The van der Waals surface area contributed by atoms with Gasteiger partial charge in [-0.1, -0.05) is 13.3 Å². The van der Waals surface area contributed by atoms with Gasteiger partial charge in [0, 0.05) is 13.1 Å². The number of hydrogen-bond donors (Lipinski definition) is 3. The molecule has 6 nitrogen and oxygen atoms in total. The number of amides is 3. The van der Waals surface area contributed by atoms with Gasteiger partial charge in [0.15, 0.2) is 0 Å². The van der Waals surface area contributed by atoms with Crippen LogP contribution >= 0.6 is 0 Å². The Balaban J connectivity index is 4.38. The van der Waals surface area contributed by atoms with E-state index < -0.39 is 11.9 Å². The predicted molar refractivity (Wildman–Crippen MR) is 60.1 cm³/mol. The second-order valence-corrected chi connectivity index (χ2v) is 3.44. The average Bonchev–Trinajstić information content (AvgIpc) is 2.29. The largest absolute Gasteiger partial charge is 0.326 e. The van der Waals surface area contributed by atoms with E-state index in [9.17, 15) is 9.59 Å². The summed E-state index contributed by atoms with van der Waals surface area (Å²) in [6, 6.07) is -0.963. The van der Waals surface area contributed by atoms with Crippen LogP contribution in [0.15, 0.2) is 0 Å². The van der Waals surface area contributed by atoms with Gasteiger partial charge in [-0.15, -0.1) is 0 Å². The summed E-state index contributed by atoms with van der Waals surface area (Å²) in [5.74, 6) is -0.581. The van der Waals surface area contributed by atoms with E-state index >= 15 is 0 Å². The SMILES string of the molecule is CCCC(NC(=O)N(CC)CC)C(=O)NO. The lowest BCUT2D eigenvalue weighted by Crippen LogP contribution is -2.50. The molecule has 1 unspecified atom stereocenters. The first-order chi connectivity index (χ1) is 7.60. The number of nitrogens with one attached hydrogen (secondary N) is 2. The highest BCUT2D eigenvalue weighted by atomic mass is 16.5. The van der Waals surface area contributed by atoms with Crippen LogP contribution in [0.4, 0.5) is 4.79 Å².